The van der Waals surface area contributed by atoms with Crippen molar-refractivity contribution in [2.45, 2.75) is 26.7 Å². The molecule has 0 spiro atoms. The molecule has 0 aliphatic rings. The Morgan fingerprint density at radius 1 is 1.50 bits per heavy atom. The lowest BCUT2D eigenvalue weighted by Gasteiger charge is -1.95. The molecule has 0 N–H and O–H groups in total. The normalized spacial score (nSPS) is 10.6. The highest BCUT2D eigenvalue weighted by Crippen LogP contribution is 2.23. The van der Waals surface area contributed by atoms with Crippen molar-refractivity contribution in [3.63, 3.8) is 0 Å². The molecule has 2 aromatic rings. The molecule has 2 heterocycles. The molecule has 96 valence electrons. The van der Waals surface area contributed by atoms with Gasteiger partial charge in [0.05, 0.1) is 12.8 Å². The predicted molar refractivity (Wildman–Crippen MR) is 62.1 cm³/mol. The Bertz CT molecular complexity index is 556. The molecule has 2 aromatic heterocycles. The van der Waals surface area contributed by atoms with Gasteiger partial charge in [0.15, 0.2) is 5.69 Å². The Labute approximate surface area is 104 Å². The second kappa shape index (κ2) is 5.03. The molecule has 0 aliphatic carbocycles. The minimum absolute atomic E-state index is 0.134. The number of aryl methyl sites for hydroxylation is 2. The molecule has 0 radical (unpaired) electrons. The molecule has 6 nitrogen and oxygen atoms in total. The van der Waals surface area contributed by atoms with E-state index in [0.717, 1.165) is 6.42 Å². The third kappa shape index (κ3) is 2.27. The van der Waals surface area contributed by atoms with Crippen LogP contribution in [0.1, 0.15) is 35.4 Å². The maximum atomic E-state index is 11.6. The molecular weight excluding hydrogens is 236 g/mol. The number of carbonyl (C=O) groups is 1. The number of hydrogen-bond acceptors (Lipinski definition) is 6. The molecule has 0 saturated carbocycles. The third-order valence-electron chi connectivity index (χ3n) is 2.40. The van der Waals surface area contributed by atoms with E-state index in [4.69, 9.17) is 8.94 Å². The fraction of sp³-hybridized carbons (Fsp3) is 0.417. The molecule has 18 heavy (non-hydrogen) atoms. The van der Waals surface area contributed by atoms with Gasteiger partial charge in [-0.15, -0.1) is 0 Å². The summed E-state index contributed by atoms with van der Waals surface area (Å²) in [6.45, 7) is 3.77. The van der Waals surface area contributed by atoms with Crippen molar-refractivity contribution in [1.29, 1.82) is 0 Å². The molecule has 0 bridgehead atoms. The Morgan fingerprint density at radius 2 is 2.28 bits per heavy atom. The quantitative estimate of drug-likeness (QED) is 0.775. The Morgan fingerprint density at radius 3 is 2.83 bits per heavy atom. The smallest absolute Gasteiger partial charge is 0.376 e. The number of ether oxygens (including phenoxy) is 1. The molecule has 0 atom stereocenters. The second-order valence-corrected chi connectivity index (χ2v) is 3.86. The van der Waals surface area contributed by atoms with Crippen LogP contribution in [-0.2, 0) is 11.2 Å². The monoisotopic (exact) mass is 250 g/mol. The Hall–Kier alpha value is -2.11. The highest BCUT2D eigenvalue weighted by Gasteiger charge is 2.22. The SMILES string of the molecule is CCCc1nc(-c2cc(C)on2)oc1C(=O)OC. The summed E-state index contributed by atoms with van der Waals surface area (Å²) in [5, 5.41) is 3.80. The Balaban J connectivity index is 2.41. The van der Waals surface area contributed by atoms with Crippen molar-refractivity contribution in [3.05, 3.63) is 23.3 Å². The number of methoxy groups -OCH3 is 1. The molecule has 0 saturated heterocycles. The van der Waals surface area contributed by atoms with Crippen molar-refractivity contribution in [1.82, 2.24) is 10.1 Å². The summed E-state index contributed by atoms with van der Waals surface area (Å²) in [4.78, 5) is 15.8. The number of rotatable bonds is 4. The van der Waals surface area contributed by atoms with Crippen LogP contribution in [0.3, 0.4) is 0 Å². The summed E-state index contributed by atoms with van der Waals surface area (Å²) in [6.07, 6.45) is 1.50. The fourth-order valence-electron chi connectivity index (χ4n) is 1.59. The minimum atomic E-state index is -0.530. The zero-order valence-corrected chi connectivity index (χ0v) is 10.5. The molecule has 0 unspecified atom stereocenters. The average molecular weight is 250 g/mol. The van der Waals surface area contributed by atoms with Crippen molar-refractivity contribution < 1.29 is 18.5 Å². The lowest BCUT2D eigenvalue weighted by Crippen LogP contribution is -2.03. The molecule has 0 aromatic carbocycles. The van der Waals surface area contributed by atoms with E-state index in [-0.39, 0.29) is 11.7 Å². The van der Waals surface area contributed by atoms with Gasteiger partial charge in [-0.3, -0.25) is 0 Å². The van der Waals surface area contributed by atoms with Gasteiger partial charge < -0.3 is 13.7 Å². The van der Waals surface area contributed by atoms with Crippen LogP contribution in [0.15, 0.2) is 15.0 Å². The van der Waals surface area contributed by atoms with E-state index in [0.29, 0.717) is 23.6 Å². The largest absolute Gasteiger partial charge is 0.463 e. The topological polar surface area (TPSA) is 78.4 Å². The van der Waals surface area contributed by atoms with Crippen LogP contribution in [0.5, 0.6) is 0 Å². The van der Waals surface area contributed by atoms with Crippen LogP contribution in [0.4, 0.5) is 0 Å². The van der Waals surface area contributed by atoms with Crippen LogP contribution in [-0.4, -0.2) is 23.2 Å². The first-order valence-electron chi connectivity index (χ1n) is 5.67. The van der Waals surface area contributed by atoms with Gasteiger partial charge in [0.25, 0.3) is 0 Å². The van der Waals surface area contributed by atoms with Gasteiger partial charge in [-0.25, -0.2) is 9.78 Å². The van der Waals surface area contributed by atoms with E-state index in [1.165, 1.54) is 7.11 Å². The lowest BCUT2D eigenvalue weighted by molar-refractivity contribution is 0.0564. The van der Waals surface area contributed by atoms with E-state index >= 15 is 0 Å². The van der Waals surface area contributed by atoms with Gasteiger partial charge in [0.2, 0.25) is 11.7 Å². The molecule has 2 rings (SSSR count). The highest BCUT2D eigenvalue weighted by molar-refractivity contribution is 5.87. The second-order valence-electron chi connectivity index (χ2n) is 3.86. The van der Waals surface area contributed by atoms with Gasteiger partial charge in [0.1, 0.15) is 5.76 Å². The zero-order valence-electron chi connectivity index (χ0n) is 10.5. The number of carbonyl (C=O) groups excluding carboxylic acids is 1. The van der Waals surface area contributed by atoms with Crippen molar-refractivity contribution >= 4 is 5.97 Å². The molecule has 0 amide bonds. The number of aromatic nitrogens is 2. The third-order valence-corrected chi connectivity index (χ3v) is 2.40. The Kier molecular flexibility index (Phi) is 3.45. The number of oxazole rings is 1. The lowest BCUT2D eigenvalue weighted by atomic mass is 10.2. The van der Waals surface area contributed by atoms with E-state index in [1.54, 1.807) is 13.0 Å². The summed E-state index contributed by atoms with van der Waals surface area (Å²) in [5.74, 6) is 0.531. The van der Waals surface area contributed by atoms with Crippen molar-refractivity contribution in [3.8, 4) is 11.6 Å². The van der Waals surface area contributed by atoms with Crippen LogP contribution in [0.25, 0.3) is 11.6 Å². The first kappa shape index (κ1) is 12.3. The summed E-state index contributed by atoms with van der Waals surface area (Å²) in [5.41, 5.74) is 1.06. The molecule has 0 aliphatic heterocycles. The van der Waals surface area contributed by atoms with Crippen LogP contribution in [0, 0.1) is 6.92 Å². The number of nitrogens with zero attached hydrogens (tertiary/aromatic N) is 2. The zero-order chi connectivity index (χ0) is 13.1. The maximum absolute atomic E-state index is 11.6. The van der Waals surface area contributed by atoms with Crippen LogP contribution >= 0.6 is 0 Å². The number of esters is 1. The van der Waals surface area contributed by atoms with Crippen molar-refractivity contribution in [2.75, 3.05) is 7.11 Å². The van der Waals surface area contributed by atoms with E-state index in [9.17, 15) is 4.79 Å². The summed E-state index contributed by atoms with van der Waals surface area (Å²) in [6, 6.07) is 1.70. The maximum Gasteiger partial charge on any atom is 0.376 e. The van der Waals surface area contributed by atoms with Gasteiger partial charge in [-0.05, 0) is 13.3 Å². The fourth-order valence-corrected chi connectivity index (χ4v) is 1.59. The molecular formula is C12H14N2O4. The van der Waals surface area contributed by atoms with E-state index in [1.807, 2.05) is 6.92 Å². The van der Waals surface area contributed by atoms with E-state index < -0.39 is 5.97 Å². The summed E-state index contributed by atoms with van der Waals surface area (Å²) >= 11 is 0. The molecule has 0 fully saturated rings. The standard InChI is InChI=1S/C12H14N2O4/c1-4-5-8-10(12(15)16-3)17-11(13-8)9-6-7(2)18-14-9/h6H,4-5H2,1-3H3. The van der Waals surface area contributed by atoms with E-state index in [2.05, 4.69) is 14.9 Å². The first-order valence-corrected chi connectivity index (χ1v) is 5.67. The summed E-state index contributed by atoms with van der Waals surface area (Å²) < 4.78 is 15.0. The van der Waals surface area contributed by atoms with Gasteiger partial charge in [-0.2, -0.15) is 0 Å². The van der Waals surface area contributed by atoms with Gasteiger partial charge in [-0.1, -0.05) is 18.5 Å². The minimum Gasteiger partial charge on any atom is -0.463 e. The van der Waals surface area contributed by atoms with Gasteiger partial charge >= 0.3 is 5.97 Å². The van der Waals surface area contributed by atoms with Gasteiger partial charge in [0, 0.05) is 6.07 Å². The first-order chi connectivity index (χ1) is 8.65. The highest BCUT2D eigenvalue weighted by atomic mass is 16.5. The molecule has 6 heteroatoms. The predicted octanol–water partition coefficient (Wildman–Crippen LogP) is 2.38. The number of hydrogen-bond donors (Lipinski definition) is 0. The summed E-state index contributed by atoms with van der Waals surface area (Å²) in [7, 11) is 1.31. The average Bonchev–Trinajstić information content (AvgIpc) is 2.95. The van der Waals surface area contributed by atoms with Crippen LogP contribution < -0.4 is 0 Å². The van der Waals surface area contributed by atoms with Crippen LogP contribution in [0.2, 0.25) is 0 Å². The van der Waals surface area contributed by atoms with Crippen molar-refractivity contribution in [2.24, 2.45) is 0 Å².